The molecule has 30 heavy (non-hydrogen) atoms. The van der Waals surface area contributed by atoms with Crippen molar-refractivity contribution in [3.63, 3.8) is 0 Å². The van der Waals surface area contributed by atoms with Gasteiger partial charge in [-0.2, -0.15) is 0 Å². The van der Waals surface area contributed by atoms with Crippen molar-refractivity contribution in [2.45, 2.75) is 42.4 Å². The zero-order valence-electron chi connectivity index (χ0n) is 16.1. The van der Waals surface area contributed by atoms with Crippen LogP contribution in [0.1, 0.15) is 29.8 Å². The van der Waals surface area contributed by atoms with E-state index < -0.39 is 22.2 Å². The zero-order valence-corrected chi connectivity index (χ0v) is 17.6. The van der Waals surface area contributed by atoms with Gasteiger partial charge in [0.05, 0.1) is 35.9 Å². The molecule has 11 heteroatoms. The lowest BCUT2D eigenvalue weighted by Gasteiger charge is -2.36. The summed E-state index contributed by atoms with van der Waals surface area (Å²) in [4.78, 5) is 19.8. The summed E-state index contributed by atoms with van der Waals surface area (Å²) in [5.41, 5.74) is 0.228. The van der Waals surface area contributed by atoms with Crippen LogP contribution in [0.25, 0.3) is 0 Å². The lowest BCUT2D eigenvalue weighted by atomic mass is 9.98. The predicted molar refractivity (Wildman–Crippen MR) is 110 cm³/mol. The summed E-state index contributed by atoms with van der Waals surface area (Å²) in [5.74, 6) is -0.329. The molecule has 162 valence electrons. The van der Waals surface area contributed by atoms with Gasteiger partial charge < -0.3 is 15.2 Å². The van der Waals surface area contributed by atoms with Gasteiger partial charge in [-0.05, 0) is 37.5 Å². The van der Waals surface area contributed by atoms with Gasteiger partial charge in [0, 0.05) is 24.0 Å². The van der Waals surface area contributed by atoms with Crippen LogP contribution in [-0.4, -0.2) is 60.8 Å². The van der Waals surface area contributed by atoms with Crippen molar-refractivity contribution < 1.29 is 23.1 Å². The van der Waals surface area contributed by atoms with Gasteiger partial charge in [-0.25, -0.2) is 18.1 Å². The highest BCUT2D eigenvalue weighted by Crippen LogP contribution is 2.24. The van der Waals surface area contributed by atoms with Gasteiger partial charge in [-0.15, -0.1) is 0 Å². The quantitative estimate of drug-likeness (QED) is 0.545. The second-order valence-electron chi connectivity index (χ2n) is 6.88. The Bertz CT molecular complexity index is 960. The van der Waals surface area contributed by atoms with Crippen LogP contribution in [-0.2, 0) is 14.8 Å². The van der Waals surface area contributed by atoms with E-state index in [0.29, 0.717) is 30.8 Å². The molecule has 3 atom stereocenters. The smallest absolute Gasteiger partial charge is 0.271 e. The van der Waals surface area contributed by atoms with E-state index in [0.717, 1.165) is 0 Å². The molecule has 0 unspecified atom stereocenters. The molecule has 1 aliphatic rings. The Labute approximate surface area is 179 Å². The molecule has 0 saturated carbocycles. The topological polar surface area (TPSA) is 131 Å². The van der Waals surface area contributed by atoms with Crippen LogP contribution in [0.4, 0.5) is 0 Å². The number of amides is 1. The first-order valence-corrected chi connectivity index (χ1v) is 11.3. The number of rotatable bonds is 8. The van der Waals surface area contributed by atoms with Crippen molar-refractivity contribution >= 4 is 27.5 Å². The maximum atomic E-state index is 12.6. The highest BCUT2D eigenvalue weighted by molar-refractivity contribution is 7.89. The molecule has 2 heterocycles. The number of carbonyl (C=O) groups excluding carboxylic acids is 1. The second kappa shape index (κ2) is 10.3. The van der Waals surface area contributed by atoms with Crippen molar-refractivity contribution in [2.24, 2.45) is 0 Å². The number of sulfonamides is 1. The van der Waals surface area contributed by atoms with E-state index in [1.165, 1.54) is 30.7 Å². The number of hydrogen-bond donors (Lipinski definition) is 3. The summed E-state index contributed by atoms with van der Waals surface area (Å²) in [6, 6.07) is 5.40. The molecule has 1 aromatic heterocycles. The SMILES string of the molecule is O=C(NCC[C@H]1CC[C@H](NS(=O)(=O)c2cccc(Cl)c2)[C@H](CO)O1)c1cnccn1. The minimum atomic E-state index is -3.80. The molecule has 0 spiro atoms. The molecule has 1 saturated heterocycles. The van der Waals surface area contributed by atoms with E-state index in [2.05, 4.69) is 20.0 Å². The molecule has 2 aromatic rings. The molecule has 1 amide bonds. The first-order chi connectivity index (χ1) is 14.4. The van der Waals surface area contributed by atoms with E-state index in [1.807, 2.05) is 0 Å². The molecule has 3 rings (SSSR count). The van der Waals surface area contributed by atoms with E-state index >= 15 is 0 Å². The van der Waals surface area contributed by atoms with Crippen LogP contribution in [0.3, 0.4) is 0 Å². The van der Waals surface area contributed by atoms with E-state index in [4.69, 9.17) is 16.3 Å². The molecule has 1 aromatic carbocycles. The number of nitrogens with zero attached hydrogens (tertiary/aromatic N) is 2. The van der Waals surface area contributed by atoms with Crippen molar-refractivity contribution in [2.75, 3.05) is 13.2 Å². The number of hydrogen-bond acceptors (Lipinski definition) is 7. The van der Waals surface area contributed by atoms with Gasteiger partial charge in [0.15, 0.2) is 0 Å². The Balaban J connectivity index is 1.51. The first kappa shape index (κ1) is 22.6. The monoisotopic (exact) mass is 454 g/mol. The third-order valence-corrected chi connectivity index (χ3v) is 6.48. The molecule has 0 radical (unpaired) electrons. The zero-order chi connectivity index (χ0) is 21.6. The Morgan fingerprint density at radius 3 is 2.83 bits per heavy atom. The summed E-state index contributed by atoms with van der Waals surface area (Å²) < 4.78 is 33.7. The molecular weight excluding hydrogens is 432 g/mol. The molecule has 1 fully saturated rings. The van der Waals surface area contributed by atoms with Gasteiger partial charge in [-0.3, -0.25) is 9.78 Å². The van der Waals surface area contributed by atoms with E-state index in [9.17, 15) is 18.3 Å². The van der Waals surface area contributed by atoms with Crippen LogP contribution in [0.2, 0.25) is 5.02 Å². The normalized spacial score (nSPS) is 21.9. The van der Waals surface area contributed by atoms with Gasteiger partial charge in [0.1, 0.15) is 5.69 Å². The summed E-state index contributed by atoms with van der Waals surface area (Å²) in [6.07, 6.45) is 5.01. The van der Waals surface area contributed by atoms with Crippen LogP contribution >= 0.6 is 11.6 Å². The fourth-order valence-corrected chi connectivity index (χ4v) is 4.83. The summed E-state index contributed by atoms with van der Waals surface area (Å²) in [5, 5.41) is 12.8. The van der Waals surface area contributed by atoms with Gasteiger partial charge in [0.2, 0.25) is 10.0 Å². The molecule has 3 N–H and O–H groups in total. The molecular formula is C19H23ClN4O5S. The van der Waals surface area contributed by atoms with Crippen LogP contribution in [0, 0.1) is 0 Å². The highest BCUT2D eigenvalue weighted by atomic mass is 35.5. The van der Waals surface area contributed by atoms with Crippen molar-refractivity contribution in [1.29, 1.82) is 0 Å². The Morgan fingerprint density at radius 1 is 1.30 bits per heavy atom. The standard InChI is InChI=1S/C19H23ClN4O5S/c20-13-2-1-3-15(10-13)30(27,28)24-16-5-4-14(29-18(16)12-25)6-7-23-19(26)17-11-21-8-9-22-17/h1-3,8-11,14,16,18,24-25H,4-7,12H2,(H,23,26)/t14-,16+,18+/m1/s1. The largest absolute Gasteiger partial charge is 0.394 e. The lowest BCUT2D eigenvalue weighted by Crippen LogP contribution is -2.51. The van der Waals surface area contributed by atoms with Gasteiger partial charge >= 0.3 is 0 Å². The average molecular weight is 455 g/mol. The number of nitrogens with one attached hydrogen (secondary N) is 2. The Kier molecular flexibility index (Phi) is 7.73. The average Bonchev–Trinajstić information content (AvgIpc) is 2.75. The fourth-order valence-electron chi connectivity index (χ4n) is 3.23. The molecule has 9 nitrogen and oxygen atoms in total. The van der Waals surface area contributed by atoms with E-state index in [1.54, 1.807) is 12.1 Å². The predicted octanol–water partition coefficient (Wildman–Crippen LogP) is 1.14. The van der Waals surface area contributed by atoms with Gasteiger partial charge in [-0.1, -0.05) is 17.7 Å². The summed E-state index contributed by atoms with van der Waals surface area (Å²) in [7, 11) is -3.80. The number of aliphatic hydroxyl groups excluding tert-OH is 1. The molecule has 1 aliphatic heterocycles. The maximum Gasteiger partial charge on any atom is 0.271 e. The minimum Gasteiger partial charge on any atom is -0.394 e. The van der Waals surface area contributed by atoms with Crippen LogP contribution in [0.15, 0.2) is 47.8 Å². The molecule has 0 aliphatic carbocycles. The van der Waals surface area contributed by atoms with Crippen LogP contribution < -0.4 is 10.0 Å². The highest BCUT2D eigenvalue weighted by Gasteiger charge is 2.33. The van der Waals surface area contributed by atoms with E-state index in [-0.39, 0.29) is 29.2 Å². The minimum absolute atomic E-state index is 0.0561. The molecule has 0 bridgehead atoms. The second-order valence-corrected chi connectivity index (χ2v) is 9.03. The summed E-state index contributed by atoms with van der Waals surface area (Å²) >= 11 is 5.88. The first-order valence-electron chi connectivity index (χ1n) is 9.47. The number of aromatic nitrogens is 2. The number of carbonyl (C=O) groups is 1. The van der Waals surface area contributed by atoms with Gasteiger partial charge in [0.25, 0.3) is 5.91 Å². The number of halogens is 1. The van der Waals surface area contributed by atoms with Crippen LogP contribution in [0.5, 0.6) is 0 Å². The Hall–Kier alpha value is -2.11. The number of benzene rings is 1. The number of aliphatic hydroxyl groups is 1. The maximum absolute atomic E-state index is 12.6. The van der Waals surface area contributed by atoms with Crippen molar-refractivity contribution in [3.05, 3.63) is 53.6 Å². The van der Waals surface area contributed by atoms with Crippen molar-refractivity contribution in [3.8, 4) is 0 Å². The van der Waals surface area contributed by atoms with Crippen molar-refractivity contribution in [1.82, 2.24) is 20.0 Å². The Morgan fingerprint density at radius 2 is 2.13 bits per heavy atom. The third kappa shape index (κ3) is 5.96. The third-order valence-electron chi connectivity index (χ3n) is 4.76. The fraction of sp³-hybridized carbons (Fsp3) is 0.421. The number of ether oxygens (including phenoxy) is 1. The summed E-state index contributed by atoms with van der Waals surface area (Å²) in [6.45, 7) is 0.0301. The lowest BCUT2D eigenvalue weighted by molar-refractivity contribution is -0.0871.